The van der Waals surface area contributed by atoms with Gasteiger partial charge in [0.05, 0.1) is 4.90 Å². The molecular weight excluding hydrogens is 291 g/mol. The lowest BCUT2D eigenvalue weighted by Gasteiger charge is -2.20. The molecule has 2 rings (SSSR count). The van der Waals surface area contributed by atoms with Gasteiger partial charge in [0.1, 0.15) is 5.82 Å². The summed E-state index contributed by atoms with van der Waals surface area (Å²) >= 11 is 0. The topological polar surface area (TPSA) is 63.4 Å². The Balaban J connectivity index is 2.25. The molecule has 1 aliphatic heterocycles. The summed E-state index contributed by atoms with van der Waals surface area (Å²) in [5.74, 6) is 0.136. The number of hydrogen-bond donors (Lipinski definition) is 1. The van der Waals surface area contributed by atoms with Crippen LogP contribution in [-0.2, 0) is 16.6 Å². The molecule has 1 unspecified atom stereocenters. The number of rotatable bonds is 4. The molecule has 1 heterocycles. The molecule has 2 N–H and O–H groups in total. The lowest BCUT2D eigenvalue weighted by atomic mass is 9.98. The second kappa shape index (κ2) is 6.85. The lowest BCUT2D eigenvalue weighted by Crippen LogP contribution is -2.32. The minimum Gasteiger partial charge on any atom is -0.326 e. The first-order valence-electron chi connectivity index (χ1n) is 7.47. The molecule has 4 nitrogen and oxygen atoms in total. The molecule has 0 bridgehead atoms. The first kappa shape index (κ1) is 16.4. The molecule has 0 aliphatic carbocycles. The van der Waals surface area contributed by atoms with Crippen molar-refractivity contribution in [2.24, 2.45) is 11.7 Å². The van der Waals surface area contributed by atoms with Crippen LogP contribution in [-0.4, -0.2) is 25.8 Å². The van der Waals surface area contributed by atoms with E-state index < -0.39 is 15.8 Å². The highest BCUT2D eigenvalue weighted by molar-refractivity contribution is 7.89. The summed E-state index contributed by atoms with van der Waals surface area (Å²) in [6, 6.07) is 3.86. The quantitative estimate of drug-likeness (QED) is 0.928. The second-order valence-corrected chi connectivity index (χ2v) is 7.50. The Morgan fingerprint density at radius 1 is 1.33 bits per heavy atom. The first-order chi connectivity index (χ1) is 9.98. The number of halogens is 1. The Morgan fingerprint density at radius 3 is 2.76 bits per heavy atom. The van der Waals surface area contributed by atoms with Crippen molar-refractivity contribution in [2.75, 3.05) is 13.1 Å². The molecule has 0 radical (unpaired) electrons. The van der Waals surface area contributed by atoms with E-state index in [9.17, 15) is 12.8 Å². The number of nitrogens with two attached hydrogens (primary N) is 1. The molecule has 0 amide bonds. The van der Waals surface area contributed by atoms with E-state index in [2.05, 4.69) is 6.92 Å². The summed E-state index contributed by atoms with van der Waals surface area (Å²) in [6.07, 6.45) is 3.92. The van der Waals surface area contributed by atoms with E-state index in [0.717, 1.165) is 25.7 Å². The van der Waals surface area contributed by atoms with Crippen molar-refractivity contribution in [2.45, 2.75) is 44.0 Å². The van der Waals surface area contributed by atoms with Gasteiger partial charge in [0.25, 0.3) is 0 Å². The van der Waals surface area contributed by atoms with Gasteiger partial charge in [-0.2, -0.15) is 4.31 Å². The van der Waals surface area contributed by atoms with Gasteiger partial charge in [-0.3, -0.25) is 0 Å². The van der Waals surface area contributed by atoms with Gasteiger partial charge < -0.3 is 5.73 Å². The maximum atomic E-state index is 13.5. The molecule has 1 atom stereocenters. The monoisotopic (exact) mass is 314 g/mol. The smallest absolute Gasteiger partial charge is 0.243 e. The fourth-order valence-electron chi connectivity index (χ4n) is 2.80. The third kappa shape index (κ3) is 3.62. The van der Waals surface area contributed by atoms with Gasteiger partial charge >= 0.3 is 0 Å². The van der Waals surface area contributed by atoms with Crippen LogP contribution in [0.2, 0.25) is 0 Å². The average molecular weight is 314 g/mol. The second-order valence-electron chi connectivity index (χ2n) is 5.57. The van der Waals surface area contributed by atoms with Gasteiger partial charge in [0.2, 0.25) is 10.0 Å². The fraction of sp³-hybridized carbons (Fsp3) is 0.600. The molecule has 1 aromatic carbocycles. The van der Waals surface area contributed by atoms with E-state index in [1.807, 2.05) is 0 Å². The largest absolute Gasteiger partial charge is 0.326 e. The van der Waals surface area contributed by atoms with Crippen LogP contribution in [0.5, 0.6) is 0 Å². The first-order valence-corrected chi connectivity index (χ1v) is 8.91. The van der Waals surface area contributed by atoms with Crippen LogP contribution >= 0.6 is 0 Å². The van der Waals surface area contributed by atoms with E-state index in [4.69, 9.17) is 5.73 Å². The summed E-state index contributed by atoms with van der Waals surface area (Å²) in [4.78, 5) is 0.138. The number of benzene rings is 1. The van der Waals surface area contributed by atoms with Gasteiger partial charge in [-0.15, -0.1) is 0 Å². The lowest BCUT2D eigenvalue weighted by molar-refractivity contribution is 0.407. The zero-order valence-electron chi connectivity index (χ0n) is 12.4. The molecule has 1 saturated heterocycles. The number of hydrogen-bond acceptors (Lipinski definition) is 3. The molecule has 1 aromatic rings. The van der Waals surface area contributed by atoms with Gasteiger partial charge in [-0.1, -0.05) is 13.3 Å². The van der Waals surface area contributed by atoms with E-state index in [1.165, 1.54) is 22.5 Å². The zero-order chi connectivity index (χ0) is 15.5. The minimum absolute atomic E-state index is 0.00684. The van der Waals surface area contributed by atoms with Gasteiger partial charge in [-0.05, 0) is 43.4 Å². The van der Waals surface area contributed by atoms with Crippen LogP contribution in [0.3, 0.4) is 0 Å². The van der Waals surface area contributed by atoms with E-state index in [1.54, 1.807) is 0 Å². The molecule has 1 aliphatic rings. The van der Waals surface area contributed by atoms with E-state index in [0.29, 0.717) is 19.0 Å². The van der Waals surface area contributed by atoms with Crippen LogP contribution < -0.4 is 5.73 Å². The number of nitrogens with zero attached hydrogens (tertiary/aromatic N) is 1. The summed E-state index contributed by atoms with van der Waals surface area (Å²) < 4.78 is 40.4. The van der Waals surface area contributed by atoms with Gasteiger partial charge in [-0.25, -0.2) is 12.8 Å². The Bertz CT molecular complexity index is 589. The van der Waals surface area contributed by atoms with Crippen LogP contribution in [0.15, 0.2) is 23.1 Å². The fourth-order valence-corrected chi connectivity index (χ4v) is 4.35. The van der Waals surface area contributed by atoms with Crippen LogP contribution in [0.1, 0.15) is 38.2 Å². The molecule has 1 fully saturated rings. The molecule has 0 aromatic heterocycles. The molecule has 6 heteroatoms. The van der Waals surface area contributed by atoms with Gasteiger partial charge in [0, 0.05) is 25.2 Å². The Kier molecular flexibility index (Phi) is 5.35. The van der Waals surface area contributed by atoms with Crippen molar-refractivity contribution in [3.05, 3.63) is 29.6 Å². The predicted molar refractivity (Wildman–Crippen MR) is 80.7 cm³/mol. The summed E-state index contributed by atoms with van der Waals surface area (Å²) in [6.45, 7) is 3.21. The van der Waals surface area contributed by atoms with Crippen molar-refractivity contribution < 1.29 is 12.8 Å². The average Bonchev–Trinajstić information content (AvgIpc) is 2.73. The van der Waals surface area contributed by atoms with E-state index >= 15 is 0 Å². The van der Waals surface area contributed by atoms with Gasteiger partial charge in [0.15, 0.2) is 0 Å². The van der Waals surface area contributed by atoms with E-state index in [-0.39, 0.29) is 17.0 Å². The van der Waals surface area contributed by atoms with Crippen molar-refractivity contribution in [1.82, 2.24) is 4.31 Å². The van der Waals surface area contributed by atoms with Crippen molar-refractivity contribution in [3.8, 4) is 0 Å². The normalized spacial score (nSPS) is 21.2. The third-order valence-electron chi connectivity index (χ3n) is 4.26. The Labute approximate surface area is 126 Å². The molecule has 118 valence electrons. The maximum absolute atomic E-state index is 13.5. The molecule has 0 spiro atoms. The van der Waals surface area contributed by atoms with Crippen molar-refractivity contribution >= 4 is 10.0 Å². The summed E-state index contributed by atoms with van der Waals surface area (Å²) in [5, 5.41) is 0. The molecule has 21 heavy (non-hydrogen) atoms. The molecule has 0 saturated carbocycles. The predicted octanol–water partition coefficient (Wildman–Crippen LogP) is 2.49. The Morgan fingerprint density at radius 2 is 2.10 bits per heavy atom. The van der Waals surface area contributed by atoms with Crippen LogP contribution in [0.25, 0.3) is 0 Å². The zero-order valence-corrected chi connectivity index (χ0v) is 13.2. The minimum atomic E-state index is -3.56. The highest BCUT2D eigenvalue weighted by Crippen LogP contribution is 2.25. The summed E-state index contributed by atoms with van der Waals surface area (Å²) in [7, 11) is -3.56. The van der Waals surface area contributed by atoms with Crippen molar-refractivity contribution in [1.29, 1.82) is 0 Å². The third-order valence-corrected chi connectivity index (χ3v) is 6.15. The summed E-state index contributed by atoms with van der Waals surface area (Å²) in [5.41, 5.74) is 5.69. The van der Waals surface area contributed by atoms with Crippen LogP contribution in [0, 0.1) is 11.7 Å². The maximum Gasteiger partial charge on any atom is 0.243 e. The molecular formula is C15H23FN2O2S. The highest BCUT2D eigenvalue weighted by Gasteiger charge is 2.27. The Hall–Kier alpha value is -0.980. The SMILES string of the molecule is CCC1CCCN(S(=O)(=O)c2ccc(F)c(CN)c2)CC1. The highest BCUT2D eigenvalue weighted by atomic mass is 32.2. The van der Waals surface area contributed by atoms with Crippen molar-refractivity contribution in [3.63, 3.8) is 0 Å². The number of sulfonamides is 1. The van der Waals surface area contributed by atoms with Crippen LogP contribution in [0.4, 0.5) is 4.39 Å². The standard InChI is InChI=1S/C15H23FN2O2S/c1-2-12-4-3-8-18(9-7-12)21(19,20)14-5-6-15(16)13(10-14)11-17/h5-6,10,12H,2-4,7-9,11,17H2,1H3.